The molecular weight excluding hydrogens is 450 g/mol. The van der Waals surface area contributed by atoms with E-state index in [0.29, 0.717) is 0 Å². The van der Waals surface area contributed by atoms with Gasteiger partial charge >= 0.3 is 0 Å². The maximum Gasteiger partial charge on any atom is 0.113 e. The number of aromatic amines is 1. The zero-order chi connectivity index (χ0) is 21.6. The van der Waals surface area contributed by atoms with E-state index >= 15 is 0 Å². The largest absolute Gasteiger partial charge is 0.278 e. The van der Waals surface area contributed by atoms with E-state index < -0.39 is 0 Å². The summed E-state index contributed by atoms with van der Waals surface area (Å²) in [5.41, 5.74) is 8.07. The lowest BCUT2D eigenvalue weighted by molar-refractivity contribution is 0.649. The van der Waals surface area contributed by atoms with Gasteiger partial charge in [-0.05, 0) is 37.1 Å². The Morgan fingerprint density at radius 1 is 0.871 bits per heavy atom. The summed E-state index contributed by atoms with van der Waals surface area (Å²) in [6.45, 7) is 4.91. The molecule has 3 aromatic carbocycles. The number of halogens is 1. The van der Waals surface area contributed by atoms with Crippen LogP contribution in [0.25, 0.3) is 22.2 Å². The Morgan fingerprint density at radius 3 is 2.23 bits per heavy atom. The average molecular weight is 474 g/mol. The molecule has 0 radical (unpaired) electrons. The molecule has 0 aliphatic rings. The maximum absolute atomic E-state index is 4.27. The Bertz CT molecular complexity index is 1250. The minimum Gasteiger partial charge on any atom is -0.278 e. The van der Waals surface area contributed by atoms with Crippen LogP contribution in [0, 0.1) is 13.8 Å². The molecule has 1 N–H and O–H groups in total. The zero-order valence-electron chi connectivity index (χ0n) is 17.6. The van der Waals surface area contributed by atoms with Gasteiger partial charge in [0, 0.05) is 16.3 Å². The lowest BCUT2D eigenvalue weighted by atomic mass is 10.1. The van der Waals surface area contributed by atoms with Crippen LogP contribution in [0.2, 0.25) is 0 Å². The smallest absolute Gasteiger partial charge is 0.113 e. The summed E-state index contributed by atoms with van der Waals surface area (Å²) in [6.07, 6.45) is 3.79. The van der Waals surface area contributed by atoms with Gasteiger partial charge < -0.3 is 0 Å². The van der Waals surface area contributed by atoms with E-state index in [4.69, 9.17) is 0 Å². The Kier molecular flexibility index (Phi) is 6.57. The van der Waals surface area contributed by atoms with Gasteiger partial charge in [-0.3, -0.25) is 5.10 Å². The first-order valence-corrected chi connectivity index (χ1v) is 11.2. The number of alkyl halides is 1. The van der Waals surface area contributed by atoms with Gasteiger partial charge in [-0.2, -0.15) is 5.10 Å². The van der Waals surface area contributed by atoms with Crippen molar-refractivity contribution in [3.63, 3.8) is 0 Å². The number of benzene rings is 3. The van der Waals surface area contributed by atoms with Crippen LogP contribution in [0.4, 0.5) is 0 Å². The highest BCUT2D eigenvalue weighted by Crippen LogP contribution is 2.21. The highest BCUT2D eigenvalue weighted by atomic mass is 79.9. The van der Waals surface area contributed by atoms with Crippen LogP contribution in [0.5, 0.6) is 0 Å². The molecule has 0 amide bonds. The molecule has 0 aliphatic carbocycles. The summed E-state index contributed by atoms with van der Waals surface area (Å²) in [5.74, 6) is 0. The SMILES string of the molecule is Cc1ccc(CBr)cc1.Cc1ccc(Cn2cc(-c3ccc4[nH]ncc4c3)nn2)cc1. The van der Waals surface area contributed by atoms with Crippen LogP contribution in [-0.2, 0) is 11.9 Å². The van der Waals surface area contributed by atoms with Gasteiger partial charge in [-0.1, -0.05) is 86.9 Å². The van der Waals surface area contributed by atoms with Crippen molar-refractivity contribution in [3.8, 4) is 11.3 Å². The van der Waals surface area contributed by atoms with E-state index in [2.05, 4.69) is 105 Å². The second kappa shape index (κ2) is 9.71. The van der Waals surface area contributed by atoms with Crippen LogP contribution < -0.4 is 0 Å². The first kappa shape index (κ1) is 21.0. The zero-order valence-corrected chi connectivity index (χ0v) is 19.2. The minimum absolute atomic E-state index is 0.723. The number of hydrogen-bond donors (Lipinski definition) is 1. The number of nitrogens with zero attached hydrogens (tertiary/aromatic N) is 4. The van der Waals surface area contributed by atoms with Gasteiger partial charge in [0.2, 0.25) is 0 Å². The minimum atomic E-state index is 0.723. The van der Waals surface area contributed by atoms with Crippen molar-refractivity contribution in [2.75, 3.05) is 0 Å². The van der Waals surface area contributed by atoms with E-state index in [0.717, 1.165) is 34.0 Å². The first-order chi connectivity index (χ1) is 15.1. The van der Waals surface area contributed by atoms with Crippen LogP contribution >= 0.6 is 15.9 Å². The van der Waals surface area contributed by atoms with Crippen molar-refractivity contribution in [2.45, 2.75) is 25.7 Å². The number of fused-ring (bicyclic) bond motifs is 1. The van der Waals surface area contributed by atoms with Gasteiger partial charge in [-0.15, -0.1) is 5.10 Å². The predicted octanol–water partition coefficient (Wildman–Crippen LogP) is 6.07. The summed E-state index contributed by atoms with van der Waals surface area (Å²) in [5, 5.41) is 17.5. The van der Waals surface area contributed by atoms with Gasteiger partial charge in [0.1, 0.15) is 5.69 Å². The maximum atomic E-state index is 4.27. The molecule has 0 bridgehead atoms. The molecule has 0 unspecified atom stereocenters. The van der Waals surface area contributed by atoms with E-state index in [-0.39, 0.29) is 0 Å². The molecule has 0 spiro atoms. The number of rotatable bonds is 4. The van der Waals surface area contributed by atoms with Gasteiger partial charge in [0.05, 0.1) is 24.5 Å². The van der Waals surface area contributed by atoms with E-state index in [9.17, 15) is 0 Å². The number of nitrogens with one attached hydrogen (secondary N) is 1. The third-order valence-electron chi connectivity index (χ3n) is 5.01. The van der Waals surface area contributed by atoms with E-state index in [1.165, 1.54) is 22.3 Å². The summed E-state index contributed by atoms with van der Waals surface area (Å²) in [7, 11) is 0. The first-order valence-electron chi connectivity index (χ1n) is 10.1. The van der Waals surface area contributed by atoms with Gasteiger partial charge in [-0.25, -0.2) is 4.68 Å². The lowest BCUT2D eigenvalue weighted by Crippen LogP contribution is -2.00. The second-order valence-corrected chi connectivity index (χ2v) is 8.14. The topological polar surface area (TPSA) is 59.4 Å². The predicted molar refractivity (Wildman–Crippen MR) is 129 cm³/mol. The summed E-state index contributed by atoms with van der Waals surface area (Å²) < 4.78 is 1.86. The number of hydrogen-bond acceptors (Lipinski definition) is 3. The molecule has 5 nitrogen and oxygen atoms in total. The molecular formula is C25H24BrN5. The van der Waals surface area contributed by atoms with Gasteiger partial charge in [0.25, 0.3) is 0 Å². The molecule has 5 rings (SSSR count). The average Bonchev–Trinajstić information content (AvgIpc) is 3.45. The molecule has 0 atom stereocenters. The van der Waals surface area contributed by atoms with Crippen molar-refractivity contribution in [3.05, 3.63) is 101 Å². The number of H-pyrrole nitrogens is 1. The van der Waals surface area contributed by atoms with Gasteiger partial charge in [0.15, 0.2) is 0 Å². The quantitative estimate of drug-likeness (QED) is 0.322. The van der Waals surface area contributed by atoms with Crippen LogP contribution in [0.1, 0.15) is 22.3 Å². The van der Waals surface area contributed by atoms with Crippen molar-refractivity contribution in [1.29, 1.82) is 0 Å². The number of aryl methyl sites for hydroxylation is 2. The third kappa shape index (κ3) is 5.47. The fourth-order valence-corrected chi connectivity index (χ4v) is 3.54. The molecule has 2 heterocycles. The number of aromatic nitrogens is 5. The molecule has 0 saturated carbocycles. The second-order valence-electron chi connectivity index (χ2n) is 7.58. The molecule has 0 aliphatic heterocycles. The van der Waals surface area contributed by atoms with Crippen LogP contribution in [-0.4, -0.2) is 25.2 Å². The summed E-state index contributed by atoms with van der Waals surface area (Å²) in [6, 6.07) is 23.1. The highest BCUT2D eigenvalue weighted by Gasteiger charge is 2.06. The van der Waals surface area contributed by atoms with E-state index in [1.807, 2.05) is 29.2 Å². The monoisotopic (exact) mass is 473 g/mol. The molecule has 6 heteroatoms. The molecule has 2 aromatic heterocycles. The lowest BCUT2D eigenvalue weighted by Gasteiger charge is -2.01. The Hall–Kier alpha value is -3.25. The van der Waals surface area contributed by atoms with Crippen LogP contribution in [0.3, 0.4) is 0 Å². The Balaban J connectivity index is 0.000000217. The van der Waals surface area contributed by atoms with Crippen LogP contribution in [0.15, 0.2) is 79.1 Å². The molecule has 5 aromatic rings. The van der Waals surface area contributed by atoms with Crippen molar-refractivity contribution >= 4 is 26.8 Å². The normalized spacial score (nSPS) is 10.7. The van der Waals surface area contributed by atoms with E-state index in [1.54, 1.807) is 0 Å². The van der Waals surface area contributed by atoms with Crippen molar-refractivity contribution < 1.29 is 0 Å². The third-order valence-corrected chi connectivity index (χ3v) is 5.66. The highest BCUT2D eigenvalue weighted by molar-refractivity contribution is 9.08. The Labute approximate surface area is 190 Å². The summed E-state index contributed by atoms with van der Waals surface area (Å²) >= 11 is 3.38. The Morgan fingerprint density at radius 2 is 1.55 bits per heavy atom. The fraction of sp³-hybridized carbons (Fsp3) is 0.160. The fourth-order valence-electron chi connectivity index (χ4n) is 3.17. The standard InChI is InChI=1S/C17H15N5.C8H9Br/c1-12-2-4-13(5-3-12)10-22-11-17(20-21-22)14-6-7-16-15(8-14)9-18-19-16;1-7-2-4-8(6-9)5-3-7/h2-9,11H,10H2,1H3,(H,18,19);2-5H,6H2,1H3. The van der Waals surface area contributed by atoms with Crippen molar-refractivity contribution in [1.82, 2.24) is 25.2 Å². The summed E-state index contributed by atoms with van der Waals surface area (Å²) in [4.78, 5) is 0. The van der Waals surface area contributed by atoms with Crippen molar-refractivity contribution in [2.24, 2.45) is 0 Å². The molecule has 156 valence electrons. The molecule has 0 saturated heterocycles. The molecule has 31 heavy (non-hydrogen) atoms. The molecule has 0 fully saturated rings.